The second-order valence-electron chi connectivity index (χ2n) is 5.93. The van der Waals surface area contributed by atoms with E-state index in [1.165, 1.54) is 16.7 Å². The van der Waals surface area contributed by atoms with Gasteiger partial charge in [0.1, 0.15) is 0 Å². The van der Waals surface area contributed by atoms with Crippen LogP contribution in [0.5, 0.6) is 0 Å². The standard InChI is InChI=1S/C22H21NOS/c1-17-12-14-20(15-13-17)23-21(24)16-25-22(18-8-4-2-5-9-18)19-10-6-3-7-11-19/h2-15,22H,16H2,1H3,(H,23,24). The Balaban J connectivity index is 1.68. The van der Waals surface area contributed by atoms with Gasteiger partial charge < -0.3 is 5.32 Å². The van der Waals surface area contributed by atoms with E-state index in [-0.39, 0.29) is 11.2 Å². The van der Waals surface area contributed by atoms with Crippen molar-refractivity contribution >= 4 is 23.4 Å². The van der Waals surface area contributed by atoms with Crippen LogP contribution in [0.1, 0.15) is 21.9 Å². The van der Waals surface area contributed by atoms with Crippen molar-refractivity contribution in [2.75, 3.05) is 11.1 Å². The fourth-order valence-electron chi connectivity index (χ4n) is 2.63. The van der Waals surface area contributed by atoms with Gasteiger partial charge in [0.25, 0.3) is 0 Å². The van der Waals surface area contributed by atoms with Gasteiger partial charge in [0.15, 0.2) is 0 Å². The van der Waals surface area contributed by atoms with Crippen molar-refractivity contribution in [1.29, 1.82) is 0 Å². The molecule has 1 amide bonds. The third-order valence-electron chi connectivity index (χ3n) is 3.92. The van der Waals surface area contributed by atoms with Crippen LogP contribution in [0.3, 0.4) is 0 Å². The Labute approximate surface area is 153 Å². The highest BCUT2D eigenvalue weighted by atomic mass is 32.2. The number of hydrogen-bond acceptors (Lipinski definition) is 2. The van der Waals surface area contributed by atoms with Crippen molar-refractivity contribution in [3.63, 3.8) is 0 Å². The molecule has 0 saturated heterocycles. The first-order chi connectivity index (χ1) is 12.2. The van der Waals surface area contributed by atoms with Gasteiger partial charge in [0.2, 0.25) is 5.91 Å². The summed E-state index contributed by atoms with van der Waals surface area (Å²) < 4.78 is 0. The summed E-state index contributed by atoms with van der Waals surface area (Å²) in [5, 5.41) is 3.11. The Hall–Kier alpha value is -2.52. The number of thioether (sulfide) groups is 1. The average Bonchev–Trinajstić information content (AvgIpc) is 2.66. The molecular weight excluding hydrogens is 326 g/mol. The minimum Gasteiger partial charge on any atom is -0.325 e. The summed E-state index contributed by atoms with van der Waals surface area (Å²) in [5.41, 5.74) is 4.44. The van der Waals surface area contributed by atoms with E-state index in [9.17, 15) is 4.79 Å². The molecule has 0 aliphatic heterocycles. The Bertz CT molecular complexity index is 761. The third kappa shape index (κ3) is 4.97. The maximum absolute atomic E-state index is 12.3. The predicted octanol–water partition coefficient (Wildman–Crippen LogP) is 5.46. The van der Waals surface area contributed by atoms with Gasteiger partial charge in [-0.3, -0.25) is 4.79 Å². The Morgan fingerprint density at radius 2 is 1.36 bits per heavy atom. The van der Waals surface area contributed by atoms with E-state index in [4.69, 9.17) is 0 Å². The van der Waals surface area contributed by atoms with E-state index in [2.05, 4.69) is 29.6 Å². The molecule has 0 fully saturated rings. The molecule has 0 aliphatic carbocycles. The van der Waals surface area contributed by atoms with Gasteiger partial charge in [-0.25, -0.2) is 0 Å². The number of anilines is 1. The van der Waals surface area contributed by atoms with E-state index in [1.54, 1.807) is 11.8 Å². The van der Waals surface area contributed by atoms with Crippen LogP contribution in [0.2, 0.25) is 0 Å². The second-order valence-corrected chi connectivity index (χ2v) is 7.02. The first kappa shape index (κ1) is 17.3. The van der Waals surface area contributed by atoms with E-state index in [0.717, 1.165) is 5.69 Å². The molecule has 0 bridgehead atoms. The van der Waals surface area contributed by atoms with Gasteiger partial charge >= 0.3 is 0 Å². The quantitative estimate of drug-likeness (QED) is 0.642. The number of carbonyl (C=O) groups excluding carboxylic acids is 1. The highest BCUT2D eigenvalue weighted by Gasteiger charge is 2.16. The molecule has 1 N–H and O–H groups in total. The molecule has 3 aromatic rings. The van der Waals surface area contributed by atoms with Crippen molar-refractivity contribution in [2.45, 2.75) is 12.2 Å². The van der Waals surface area contributed by atoms with Crippen molar-refractivity contribution in [2.24, 2.45) is 0 Å². The van der Waals surface area contributed by atoms with Crippen LogP contribution in [-0.2, 0) is 4.79 Å². The van der Waals surface area contributed by atoms with Crippen LogP contribution in [-0.4, -0.2) is 11.7 Å². The molecule has 0 heterocycles. The fraction of sp³-hybridized carbons (Fsp3) is 0.136. The smallest absolute Gasteiger partial charge is 0.234 e. The maximum Gasteiger partial charge on any atom is 0.234 e. The summed E-state index contributed by atoms with van der Waals surface area (Å²) >= 11 is 1.65. The predicted molar refractivity (Wildman–Crippen MR) is 107 cm³/mol. The number of aryl methyl sites for hydroxylation is 1. The lowest BCUT2D eigenvalue weighted by Crippen LogP contribution is -2.15. The lowest BCUT2D eigenvalue weighted by molar-refractivity contribution is -0.113. The second kappa shape index (κ2) is 8.54. The van der Waals surface area contributed by atoms with E-state index < -0.39 is 0 Å². The minimum atomic E-state index is 0.0192. The van der Waals surface area contributed by atoms with Crippen molar-refractivity contribution < 1.29 is 4.79 Å². The number of benzene rings is 3. The number of hydrogen-bond donors (Lipinski definition) is 1. The molecule has 25 heavy (non-hydrogen) atoms. The average molecular weight is 347 g/mol. The van der Waals surface area contributed by atoms with Crippen LogP contribution < -0.4 is 5.32 Å². The molecule has 3 rings (SSSR count). The molecule has 3 aromatic carbocycles. The van der Waals surface area contributed by atoms with Crippen LogP contribution >= 0.6 is 11.8 Å². The monoisotopic (exact) mass is 347 g/mol. The molecule has 0 unspecified atom stereocenters. The zero-order valence-electron chi connectivity index (χ0n) is 14.2. The van der Waals surface area contributed by atoms with E-state index >= 15 is 0 Å². The molecule has 0 radical (unpaired) electrons. The van der Waals surface area contributed by atoms with E-state index in [1.807, 2.05) is 67.6 Å². The largest absolute Gasteiger partial charge is 0.325 e. The molecule has 0 aliphatic rings. The maximum atomic E-state index is 12.3. The lowest BCUT2D eigenvalue weighted by Gasteiger charge is -2.17. The molecule has 0 aromatic heterocycles. The molecule has 0 atom stereocenters. The highest BCUT2D eigenvalue weighted by molar-refractivity contribution is 8.00. The highest BCUT2D eigenvalue weighted by Crippen LogP contribution is 2.35. The van der Waals surface area contributed by atoms with Gasteiger partial charge in [0.05, 0.1) is 11.0 Å². The summed E-state index contributed by atoms with van der Waals surface area (Å²) in [6, 6.07) is 28.5. The fourth-order valence-corrected chi connectivity index (χ4v) is 3.72. The Morgan fingerprint density at radius 1 is 0.840 bits per heavy atom. The van der Waals surface area contributed by atoms with Gasteiger partial charge in [-0.2, -0.15) is 0 Å². The first-order valence-electron chi connectivity index (χ1n) is 8.30. The third-order valence-corrected chi connectivity index (χ3v) is 5.23. The zero-order valence-corrected chi connectivity index (χ0v) is 15.0. The van der Waals surface area contributed by atoms with Gasteiger partial charge in [-0.15, -0.1) is 11.8 Å². The van der Waals surface area contributed by atoms with Gasteiger partial charge in [-0.1, -0.05) is 78.4 Å². The van der Waals surface area contributed by atoms with Gasteiger partial charge in [0, 0.05) is 5.69 Å². The number of nitrogens with one attached hydrogen (secondary N) is 1. The summed E-state index contributed by atoms with van der Waals surface area (Å²) in [5.74, 6) is 0.424. The molecular formula is C22H21NOS. The lowest BCUT2D eigenvalue weighted by atomic mass is 10.0. The van der Waals surface area contributed by atoms with Crippen molar-refractivity contribution in [1.82, 2.24) is 0 Å². The Kier molecular flexibility index (Phi) is 5.91. The SMILES string of the molecule is Cc1ccc(NC(=O)CSC(c2ccccc2)c2ccccc2)cc1. The number of carbonyl (C=O) groups is 1. The minimum absolute atomic E-state index is 0.0192. The molecule has 2 nitrogen and oxygen atoms in total. The van der Waals surface area contributed by atoms with Crippen LogP contribution in [0.15, 0.2) is 84.9 Å². The van der Waals surface area contributed by atoms with Crippen LogP contribution in [0.25, 0.3) is 0 Å². The first-order valence-corrected chi connectivity index (χ1v) is 9.35. The zero-order chi connectivity index (χ0) is 17.5. The van der Waals surface area contributed by atoms with Crippen molar-refractivity contribution in [3.8, 4) is 0 Å². The summed E-state index contributed by atoms with van der Waals surface area (Å²) in [6.45, 7) is 2.03. The summed E-state index contributed by atoms with van der Waals surface area (Å²) in [4.78, 5) is 12.3. The molecule has 0 spiro atoms. The van der Waals surface area contributed by atoms with E-state index in [0.29, 0.717) is 5.75 Å². The summed E-state index contributed by atoms with van der Waals surface area (Å²) in [7, 11) is 0. The molecule has 3 heteroatoms. The van der Waals surface area contributed by atoms with Crippen molar-refractivity contribution in [3.05, 3.63) is 102 Å². The number of amides is 1. The van der Waals surface area contributed by atoms with Gasteiger partial charge in [-0.05, 0) is 30.2 Å². The molecule has 0 saturated carbocycles. The normalized spacial score (nSPS) is 10.6. The van der Waals surface area contributed by atoms with Crippen LogP contribution in [0, 0.1) is 6.92 Å². The molecule has 126 valence electrons. The topological polar surface area (TPSA) is 29.1 Å². The Morgan fingerprint density at radius 3 is 1.88 bits per heavy atom. The number of rotatable bonds is 6. The summed E-state index contributed by atoms with van der Waals surface area (Å²) in [6.07, 6.45) is 0. The van der Waals surface area contributed by atoms with Crippen LogP contribution in [0.4, 0.5) is 5.69 Å².